The van der Waals surface area contributed by atoms with E-state index in [9.17, 15) is 0 Å². The maximum atomic E-state index is 5.91. The van der Waals surface area contributed by atoms with E-state index < -0.39 is 5.60 Å². The minimum absolute atomic E-state index is 0.385. The molecule has 1 aromatic heterocycles. The van der Waals surface area contributed by atoms with Crippen LogP contribution < -0.4 is 5.46 Å². The highest BCUT2D eigenvalue weighted by molar-refractivity contribution is 6.62. The fourth-order valence-corrected chi connectivity index (χ4v) is 2.24. The third-order valence-corrected chi connectivity index (χ3v) is 3.60. The summed E-state index contributed by atoms with van der Waals surface area (Å²) in [6, 6.07) is 8.00. The van der Waals surface area contributed by atoms with Gasteiger partial charge in [-0.2, -0.15) is 5.10 Å². The number of nitrogens with zero attached hydrogens (tertiary/aromatic N) is 2. The molecule has 0 spiro atoms. The second-order valence-corrected chi connectivity index (χ2v) is 5.49. The maximum absolute atomic E-state index is 5.91. The first-order chi connectivity index (χ1) is 9.47. The number of aryl methyl sites for hydroxylation is 1. The minimum atomic E-state index is -0.447. The predicted octanol–water partition coefficient (Wildman–Crippen LogP) is 2.22. The van der Waals surface area contributed by atoms with Gasteiger partial charge >= 0.3 is 7.12 Å². The molecule has 4 nitrogen and oxygen atoms in total. The number of rotatable bonds is 2. The van der Waals surface area contributed by atoms with Gasteiger partial charge in [-0.3, -0.25) is 0 Å². The Morgan fingerprint density at radius 3 is 2.70 bits per heavy atom. The zero-order chi connectivity index (χ0) is 14.3. The molecule has 5 heteroatoms. The molecule has 0 amide bonds. The van der Waals surface area contributed by atoms with Crippen LogP contribution in [0, 0.1) is 6.92 Å². The molecular weight excluding hydrogens is 251 g/mol. The molecule has 0 saturated carbocycles. The van der Waals surface area contributed by atoms with Crippen molar-refractivity contribution < 1.29 is 9.31 Å². The van der Waals surface area contributed by atoms with Crippen molar-refractivity contribution >= 4 is 12.6 Å². The van der Waals surface area contributed by atoms with Gasteiger partial charge in [-0.05, 0) is 44.5 Å². The van der Waals surface area contributed by atoms with Crippen molar-refractivity contribution in [3.05, 3.63) is 54.6 Å². The molecule has 1 aromatic carbocycles. The van der Waals surface area contributed by atoms with E-state index in [2.05, 4.69) is 17.7 Å². The lowest BCUT2D eigenvalue weighted by molar-refractivity contribution is 0.173. The molecule has 0 radical (unpaired) electrons. The minimum Gasteiger partial charge on any atom is -0.534 e. The van der Waals surface area contributed by atoms with Gasteiger partial charge < -0.3 is 9.31 Å². The molecule has 0 unspecified atom stereocenters. The van der Waals surface area contributed by atoms with E-state index >= 15 is 0 Å². The molecular formula is C15H17BN2O2. The monoisotopic (exact) mass is 268 g/mol. The lowest BCUT2D eigenvalue weighted by atomic mass is 9.76. The van der Waals surface area contributed by atoms with Crippen LogP contribution in [-0.4, -0.2) is 22.5 Å². The molecule has 1 aliphatic heterocycles. The van der Waals surface area contributed by atoms with E-state index in [1.807, 2.05) is 49.8 Å². The maximum Gasteiger partial charge on any atom is 0.563 e. The average Bonchev–Trinajstić information content (AvgIpc) is 2.98. The van der Waals surface area contributed by atoms with Crippen molar-refractivity contribution in [3.63, 3.8) is 0 Å². The molecule has 0 atom stereocenters. The highest BCUT2D eigenvalue weighted by Gasteiger charge is 2.43. The van der Waals surface area contributed by atoms with Crippen molar-refractivity contribution in [3.8, 4) is 5.69 Å². The summed E-state index contributed by atoms with van der Waals surface area (Å²) in [4.78, 5) is 0. The van der Waals surface area contributed by atoms with Crippen molar-refractivity contribution in [1.82, 2.24) is 9.78 Å². The first kappa shape index (κ1) is 13.0. The largest absolute Gasteiger partial charge is 0.563 e. The Morgan fingerprint density at radius 1 is 1.35 bits per heavy atom. The third kappa shape index (κ3) is 2.14. The van der Waals surface area contributed by atoms with Crippen LogP contribution in [0.5, 0.6) is 0 Å². The van der Waals surface area contributed by atoms with Crippen molar-refractivity contribution in [1.29, 1.82) is 0 Å². The van der Waals surface area contributed by atoms with E-state index in [-0.39, 0.29) is 7.12 Å². The molecule has 2 aromatic rings. The second kappa shape index (κ2) is 4.53. The van der Waals surface area contributed by atoms with Crippen molar-refractivity contribution in [2.45, 2.75) is 26.4 Å². The van der Waals surface area contributed by atoms with E-state index in [1.54, 1.807) is 6.20 Å². The van der Waals surface area contributed by atoms with Gasteiger partial charge in [0.2, 0.25) is 0 Å². The fraction of sp³-hybridized carbons (Fsp3) is 0.267. The predicted molar refractivity (Wildman–Crippen MR) is 79.1 cm³/mol. The molecule has 2 heterocycles. The normalized spacial score (nSPS) is 17.4. The number of hydrogen-bond donors (Lipinski definition) is 0. The molecule has 102 valence electrons. The number of hydrogen-bond acceptors (Lipinski definition) is 3. The van der Waals surface area contributed by atoms with Crippen LogP contribution >= 0.6 is 0 Å². The molecule has 0 aliphatic carbocycles. The van der Waals surface area contributed by atoms with Crippen LogP contribution in [0.3, 0.4) is 0 Å². The van der Waals surface area contributed by atoms with Crippen LogP contribution in [0.2, 0.25) is 0 Å². The zero-order valence-electron chi connectivity index (χ0n) is 12.0. The van der Waals surface area contributed by atoms with E-state index in [4.69, 9.17) is 9.31 Å². The first-order valence-electron chi connectivity index (χ1n) is 6.62. The summed E-state index contributed by atoms with van der Waals surface area (Å²) in [6.45, 7) is 9.88. The SMILES string of the molecule is C=C1OB(c2ccc(-n3cccn3)cc2C)OC1(C)C. The first-order valence-corrected chi connectivity index (χ1v) is 6.62. The third-order valence-electron chi connectivity index (χ3n) is 3.60. The Balaban J connectivity index is 1.91. The lowest BCUT2D eigenvalue weighted by Crippen LogP contribution is -2.36. The van der Waals surface area contributed by atoms with E-state index in [1.165, 1.54) is 0 Å². The van der Waals surface area contributed by atoms with E-state index in [0.29, 0.717) is 5.76 Å². The van der Waals surface area contributed by atoms with Gasteiger partial charge in [0, 0.05) is 17.9 Å². The Kier molecular flexibility index (Phi) is 2.94. The van der Waals surface area contributed by atoms with Gasteiger partial charge in [0.05, 0.1) is 11.4 Å². The van der Waals surface area contributed by atoms with Crippen LogP contribution in [0.1, 0.15) is 19.4 Å². The summed E-state index contributed by atoms with van der Waals surface area (Å²) in [5, 5.41) is 4.23. The molecule has 0 bridgehead atoms. The van der Waals surface area contributed by atoms with Crippen molar-refractivity contribution in [2.24, 2.45) is 0 Å². The highest BCUT2D eigenvalue weighted by atomic mass is 16.7. The van der Waals surface area contributed by atoms with Crippen LogP contribution in [-0.2, 0) is 9.31 Å². The lowest BCUT2D eigenvalue weighted by Gasteiger charge is -2.16. The Hall–Kier alpha value is -2.01. The molecule has 1 fully saturated rings. The van der Waals surface area contributed by atoms with Gasteiger partial charge in [-0.25, -0.2) is 4.68 Å². The summed E-state index contributed by atoms with van der Waals surface area (Å²) >= 11 is 0. The summed E-state index contributed by atoms with van der Waals surface area (Å²) in [5.74, 6) is 0.665. The summed E-state index contributed by atoms with van der Waals surface area (Å²) < 4.78 is 13.5. The number of benzene rings is 1. The summed E-state index contributed by atoms with van der Waals surface area (Å²) in [7, 11) is -0.385. The van der Waals surface area contributed by atoms with Gasteiger partial charge in [0.15, 0.2) is 0 Å². The average molecular weight is 268 g/mol. The Morgan fingerprint density at radius 2 is 2.15 bits per heavy atom. The smallest absolute Gasteiger partial charge is 0.534 e. The Bertz CT molecular complexity index is 650. The van der Waals surface area contributed by atoms with Crippen LogP contribution in [0.15, 0.2) is 49.0 Å². The number of aromatic nitrogens is 2. The molecule has 0 N–H and O–H groups in total. The van der Waals surface area contributed by atoms with Gasteiger partial charge in [-0.15, -0.1) is 0 Å². The fourth-order valence-electron chi connectivity index (χ4n) is 2.24. The standard InChI is InChI=1S/C15H17BN2O2/c1-11-10-13(18-9-5-8-17-18)6-7-14(11)16-19-12(2)15(3,4)20-16/h5-10H,2H2,1,3-4H3. The van der Waals surface area contributed by atoms with E-state index in [0.717, 1.165) is 16.7 Å². The summed E-state index contributed by atoms with van der Waals surface area (Å²) in [6.07, 6.45) is 3.68. The highest BCUT2D eigenvalue weighted by Crippen LogP contribution is 2.29. The molecule has 1 aliphatic rings. The molecule has 3 rings (SSSR count). The van der Waals surface area contributed by atoms with Crippen LogP contribution in [0.4, 0.5) is 0 Å². The zero-order valence-corrected chi connectivity index (χ0v) is 12.0. The summed E-state index contributed by atoms with van der Waals surface area (Å²) in [5.41, 5.74) is 2.70. The van der Waals surface area contributed by atoms with Gasteiger partial charge in [0.1, 0.15) is 5.60 Å². The second-order valence-electron chi connectivity index (χ2n) is 5.49. The Labute approximate surface area is 119 Å². The molecule has 20 heavy (non-hydrogen) atoms. The van der Waals surface area contributed by atoms with Gasteiger partial charge in [0.25, 0.3) is 0 Å². The molecule has 1 saturated heterocycles. The van der Waals surface area contributed by atoms with Crippen molar-refractivity contribution in [2.75, 3.05) is 0 Å². The van der Waals surface area contributed by atoms with Crippen LogP contribution in [0.25, 0.3) is 5.69 Å². The topological polar surface area (TPSA) is 36.3 Å². The quantitative estimate of drug-likeness (QED) is 0.783. The van der Waals surface area contributed by atoms with Gasteiger partial charge in [-0.1, -0.05) is 12.6 Å².